The third-order valence-electron chi connectivity index (χ3n) is 3.79. The van der Waals surface area contributed by atoms with Gasteiger partial charge in [-0.05, 0) is 36.2 Å². The number of aromatic hydroxyl groups is 2. The fourth-order valence-electron chi connectivity index (χ4n) is 2.68. The average molecular weight is 358 g/mol. The summed E-state index contributed by atoms with van der Waals surface area (Å²) < 4.78 is 0. The maximum Gasteiger partial charge on any atom is 0.256 e. The number of anilines is 1. The van der Waals surface area contributed by atoms with Crippen LogP contribution in [-0.4, -0.2) is 26.1 Å². The van der Waals surface area contributed by atoms with Crippen LogP contribution in [0.2, 0.25) is 5.02 Å². The van der Waals surface area contributed by atoms with E-state index >= 15 is 0 Å². The number of hydrogen-bond acceptors (Lipinski definition) is 5. The summed E-state index contributed by atoms with van der Waals surface area (Å²) in [6.45, 7) is 2.00. The number of nitrogens with one attached hydrogen (secondary N) is 1. The Morgan fingerprint density at radius 2 is 1.96 bits per heavy atom. The summed E-state index contributed by atoms with van der Waals surface area (Å²) in [4.78, 5) is 20.2. The van der Waals surface area contributed by atoms with E-state index < -0.39 is 11.8 Å². The van der Waals surface area contributed by atoms with Crippen LogP contribution in [0.15, 0.2) is 36.7 Å². The number of aryl methyl sites for hydroxylation is 1. The summed E-state index contributed by atoms with van der Waals surface area (Å²) in [7, 11) is 0. The topological polar surface area (TPSA) is 95.3 Å². The maximum absolute atomic E-state index is 12.3. The van der Waals surface area contributed by atoms with Gasteiger partial charge in [0.05, 0.1) is 5.52 Å². The molecule has 7 heteroatoms. The van der Waals surface area contributed by atoms with Crippen molar-refractivity contribution in [3.8, 4) is 11.6 Å². The van der Waals surface area contributed by atoms with Crippen LogP contribution >= 0.6 is 11.6 Å². The van der Waals surface area contributed by atoms with E-state index in [0.717, 1.165) is 12.0 Å². The van der Waals surface area contributed by atoms with Crippen LogP contribution in [0.3, 0.4) is 0 Å². The van der Waals surface area contributed by atoms with Crippen molar-refractivity contribution in [2.45, 2.75) is 19.8 Å². The Morgan fingerprint density at radius 3 is 2.64 bits per heavy atom. The number of benzene rings is 1. The summed E-state index contributed by atoms with van der Waals surface area (Å²) >= 11 is 6.09. The normalized spacial score (nSPS) is 10.8. The van der Waals surface area contributed by atoms with Crippen molar-refractivity contribution in [3.05, 3.63) is 52.8 Å². The predicted octanol–water partition coefficient (Wildman–Crippen LogP) is 3.90. The molecule has 0 bridgehead atoms. The Kier molecular flexibility index (Phi) is 4.72. The van der Waals surface area contributed by atoms with Crippen molar-refractivity contribution in [2.24, 2.45) is 0 Å². The number of carbonyl (C=O) groups is 1. The fraction of sp³-hybridized carbons (Fsp3) is 0.167. The van der Waals surface area contributed by atoms with Gasteiger partial charge < -0.3 is 15.5 Å². The molecule has 0 aliphatic carbocycles. The zero-order valence-electron chi connectivity index (χ0n) is 13.5. The van der Waals surface area contributed by atoms with Crippen molar-refractivity contribution in [1.29, 1.82) is 0 Å². The number of fused-ring (bicyclic) bond motifs is 1. The smallest absolute Gasteiger partial charge is 0.256 e. The van der Waals surface area contributed by atoms with Crippen molar-refractivity contribution < 1.29 is 15.0 Å². The number of pyridine rings is 2. The summed E-state index contributed by atoms with van der Waals surface area (Å²) in [5.74, 6) is -1.19. The first kappa shape index (κ1) is 17.0. The number of carbonyl (C=O) groups excluding carboxylic acids is 1. The lowest BCUT2D eigenvalue weighted by Crippen LogP contribution is -2.12. The lowest BCUT2D eigenvalue weighted by molar-refractivity contribution is 0.102. The third kappa shape index (κ3) is 3.34. The summed E-state index contributed by atoms with van der Waals surface area (Å²) in [6, 6.07) is 6.37. The SMILES string of the molecule is CCCc1cc(Cl)cc2nc(O)c(NC(=O)c3ccncc3)c(O)c12. The highest BCUT2D eigenvalue weighted by Crippen LogP contribution is 2.41. The van der Waals surface area contributed by atoms with Gasteiger partial charge in [-0.15, -0.1) is 0 Å². The number of halogens is 1. The highest BCUT2D eigenvalue weighted by molar-refractivity contribution is 6.31. The molecule has 0 radical (unpaired) electrons. The second-order valence-corrected chi connectivity index (χ2v) is 5.99. The van der Waals surface area contributed by atoms with Gasteiger partial charge in [0.15, 0.2) is 5.75 Å². The molecule has 0 saturated carbocycles. The van der Waals surface area contributed by atoms with Crippen LogP contribution in [0.4, 0.5) is 5.69 Å². The molecule has 2 heterocycles. The average Bonchev–Trinajstić information content (AvgIpc) is 2.58. The van der Waals surface area contributed by atoms with Gasteiger partial charge in [0, 0.05) is 28.4 Å². The molecule has 3 N–H and O–H groups in total. The van der Waals surface area contributed by atoms with Gasteiger partial charge in [0.1, 0.15) is 5.69 Å². The van der Waals surface area contributed by atoms with E-state index in [0.29, 0.717) is 27.9 Å². The molecule has 1 aromatic carbocycles. The zero-order chi connectivity index (χ0) is 18.0. The minimum Gasteiger partial charge on any atom is -0.505 e. The zero-order valence-corrected chi connectivity index (χ0v) is 14.2. The first-order chi connectivity index (χ1) is 12.0. The molecule has 0 aliphatic rings. The first-order valence-corrected chi connectivity index (χ1v) is 8.14. The molecule has 0 saturated heterocycles. The minimum atomic E-state index is -0.486. The molecule has 0 fully saturated rings. The molecule has 6 nitrogen and oxygen atoms in total. The molecule has 3 aromatic rings. The van der Waals surface area contributed by atoms with Gasteiger partial charge in [0.25, 0.3) is 5.91 Å². The quantitative estimate of drug-likeness (QED) is 0.658. The van der Waals surface area contributed by atoms with Gasteiger partial charge in [-0.25, -0.2) is 4.98 Å². The van der Waals surface area contributed by atoms with Crippen LogP contribution in [0.1, 0.15) is 29.3 Å². The third-order valence-corrected chi connectivity index (χ3v) is 4.01. The predicted molar refractivity (Wildman–Crippen MR) is 96.3 cm³/mol. The molecule has 0 aliphatic heterocycles. The van der Waals surface area contributed by atoms with Gasteiger partial charge in [-0.1, -0.05) is 24.9 Å². The molecular weight excluding hydrogens is 342 g/mol. The molecule has 0 spiro atoms. The maximum atomic E-state index is 12.3. The molecule has 0 unspecified atom stereocenters. The molecule has 2 aromatic heterocycles. The Bertz CT molecular complexity index is 945. The monoisotopic (exact) mass is 357 g/mol. The second kappa shape index (κ2) is 6.94. The van der Waals surface area contributed by atoms with Gasteiger partial charge in [0.2, 0.25) is 5.88 Å². The number of nitrogens with zero attached hydrogens (tertiary/aromatic N) is 2. The Hall–Kier alpha value is -2.86. The van der Waals surface area contributed by atoms with E-state index in [2.05, 4.69) is 15.3 Å². The van der Waals surface area contributed by atoms with Crippen molar-refractivity contribution >= 4 is 34.1 Å². The number of hydrogen-bond donors (Lipinski definition) is 3. The van der Waals surface area contributed by atoms with Crippen LogP contribution in [0, 0.1) is 0 Å². The lowest BCUT2D eigenvalue weighted by atomic mass is 10.0. The lowest BCUT2D eigenvalue weighted by Gasteiger charge is -2.14. The molecule has 3 rings (SSSR count). The van der Waals surface area contributed by atoms with Crippen LogP contribution in [-0.2, 0) is 6.42 Å². The van der Waals surface area contributed by atoms with E-state index in [9.17, 15) is 15.0 Å². The van der Waals surface area contributed by atoms with Crippen LogP contribution in [0.5, 0.6) is 11.6 Å². The fourth-order valence-corrected chi connectivity index (χ4v) is 2.92. The van der Waals surface area contributed by atoms with E-state index in [1.165, 1.54) is 24.5 Å². The standard InChI is InChI=1S/C18H16ClN3O3/c1-2-3-11-8-12(19)9-13-14(11)16(23)15(18(25)21-13)22-17(24)10-4-6-20-7-5-10/h4-9H,2-3H2,1H3,(H,22,24)(H2,21,23,25). The van der Waals surface area contributed by atoms with E-state index in [1.54, 1.807) is 12.1 Å². The molecule has 25 heavy (non-hydrogen) atoms. The molecule has 128 valence electrons. The first-order valence-electron chi connectivity index (χ1n) is 7.76. The summed E-state index contributed by atoms with van der Waals surface area (Å²) in [6.07, 6.45) is 4.48. The van der Waals surface area contributed by atoms with Crippen molar-refractivity contribution in [1.82, 2.24) is 9.97 Å². The summed E-state index contributed by atoms with van der Waals surface area (Å²) in [5, 5.41) is 24.3. The van der Waals surface area contributed by atoms with Gasteiger partial charge in [-0.3, -0.25) is 9.78 Å². The largest absolute Gasteiger partial charge is 0.505 e. The highest BCUT2D eigenvalue weighted by Gasteiger charge is 2.19. The number of amides is 1. The van der Waals surface area contributed by atoms with Gasteiger partial charge >= 0.3 is 0 Å². The number of rotatable bonds is 4. The van der Waals surface area contributed by atoms with Crippen molar-refractivity contribution in [3.63, 3.8) is 0 Å². The molecule has 0 atom stereocenters. The van der Waals surface area contributed by atoms with Crippen LogP contribution < -0.4 is 5.32 Å². The highest BCUT2D eigenvalue weighted by atomic mass is 35.5. The molecule has 1 amide bonds. The van der Waals surface area contributed by atoms with E-state index in [1.807, 2.05) is 6.92 Å². The number of aromatic nitrogens is 2. The second-order valence-electron chi connectivity index (χ2n) is 5.56. The molecular formula is C18H16ClN3O3. The van der Waals surface area contributed by atoms with Gasteiger partial charge in [-0.2, -0.15) is 0 Å². The van der Waals surface area contributed by atoms with Crippen molar-refractivity contribution in [2.75, 3.05) is 5.32 Å². The Labute approximate surface area is 149 Å². The van der Waals surface area contributed by atoms with Crippen LogP contribution in [0.25, 0.3) is 10.9 Å². The summed E-state index contributed by atoms with van der Waals surface area (Å²) in [5.41, 5.74) is 1.38. The Balaban J connectivity index is 2.11. The Morgan fingerprint density at radius 1 is 1.24 bits per heavy atom. The minimum absolute atomic E-state index is 0.131. The van der Waals surface area contributed by atoms with E-state index in [-0.39, 0.29) is 11.4 Å². The van der Waals surface area contributed by atoms with E-state index in [4.69, 9.17) is 11.6 Å².